The molecule has 13 rings (SSSR count). The van der Waals surface area contributed by atoms with Gasteiger partial charge in [0.2, 0.25) is 0 Å². The summed E-state index contributed by atoms with van der Waals surface area (Å²) in [6.07, 6.45) is 0. The second kappa shape index (κ2) is 14.2. The molecule has 306 valence electrons. The minimum atomic E-state index is -0.435. The molecular weight excluding hydrogens is 789 g/mol. The van der Waals surface area contributed by atoms with Crippen LogP contribution in [0.4, 0.5) is 17.1 Å². The molecule has 2 aliphatic carbocycles. The summed E-state index contributed by atoms with van der Waals surface area (Å²) < 4.78 is 0. The standard InChI is InChI=1S/C61H42N4/c1-60(2)49-24-9-6-21-45(49)48-36-33-43(38-54(48)60)59-63-57(40-17-4-3-5-18-40)62-58(64-59)42-20-16-19-41(37-42)39-31-34-44(35-32-39)65-55-29-14-12-27-52(55)61(53-28-13-15-30-56(53)65)50-25-10-7-22-46(50)47-23-8-11-26-51(47)61/h3-38H,1-2H3. The summed E-state index contributed by atoms with van der Waals surface area (Å²) in [7, 11) is 0. The van der Waals surface area contributed by atoms with E-state index < -0.39 is 5.41 Å². The van der Waals surface area contributed by atoms with E-state index in [1.54, 1.807) is 0 Å². The maximum absolute atomic E-state index is 5.20. The van der Waals surface area contributed by atoms with Crippen molar-refractivity contribution in [1.82, 2.24) is 15.0 Å². The van der Waals surface area contributed by atoms with Crippen LogP contribution in [0, 0.1) is 0 Å². The molecule has 2 heterocycles. The lowest BCUT2D eigenvalue weighted by molar-refractivity contribution is 0.660. The first-order chi connectivity index (χ1) is 32.0. The Bertz CT molecular complexity index is 3440. The summed E-state index contributed by atoms with van der Waals surface area (Å²) in [5.41, 5.74) is 21.0. The highest BCUT2D eigenvalue weighted by atomic mass is 15.2. The molecule has 3 aliphatic rings. The van der Waals surface area contributed by atoms with Crippen LogP contribution in [0.1, 0.15) is 47.2 Å². The van der Waals surface area contributed by atoms with Gasteiger partial charge in [-0.1, -0.05) is 196 Å². The normalized spacial score (nSPS) is 14.2. The number of para-hydroxylation sites is 2. The third-order valence-corrected chi connectivity index (χ3v) is 14.1. The number of benzene rings is 9. The Labute approximate surface area is 379 Å². The van der Waals surface area contributed by atoms with E-state index in [1.165, 1.54) is 67.0 Å². The van der Waals surface area contributed by atoms with Gasteiger partial charge in [0.15, 0.2) is 17.5 Å². The first-order valence-electron chi connectivity index (χ1n) is 22.4. The molecule has 0 fully saturated rings. The van der Waals surface area contributed by atoms with E-state index in [9.17, 15) is 0 Å². The average molecular weight is 831 g/mol. The van der Waals surface area contributed by atoms with Crippen LogP contribution in [0.25, 0.3) is 67.5 Å². The van der Waals surface area contributed by atoms with Crippen molar-refractivity contribution in [3.63, 3.8) is 0 Å². The molecule has 1 aliphatic heterocycles. The van der Waals surface area contributed by atoms with Crippen LogP contribution in [0.5, 0.6) is 0 Å². The highest BCUT2D eigenvalue weighted by Gasteiger charge is 2.51. The van der Waals surface area contributed by atoms with Gasteiger partial charge in [0.05, 0.1) is 16.8 Å². The van der Waals surface area contributed by atoms with Gasteiger partial charge in [-0.2, -0.15) is 0 Å². The van der Waals surface area contributed by atoms with E-state index in [0.717, 1.165) is 33.5 Å². The number of nitrogens with zero attached hydrogens (tertiary/aromatic N) is 4. The van der Waals surface area contributed by atoms with Gasteiger partial charge in [-0.25, -0.2) is 15.0 Å². The quantitative estimate of drug-likeness (QED) is 0.173. The van der Waals surface area contributed by atoms with E-state index in [4.69, 9.17) is 15.0 Å². The molecule has 0 atom stereocenters. The topological polar surface area (TPSA) is 41.9 Å². The Kier molecular flexibility index (Phi) is 8.13. The average Bonchev–Trinajstić information content (AvgIpc) is 3.79. The van der Waals surface area contributed by atoms with Crippen molar-refractivity contribution in [2.24, 2.45) is 0 Å². The number of fused-ring (bicyclic) bond motifs is 12. The minimum absolute atomic E-state index is 0.138. The predicted octanol–water partition coefficient (Wildman–Crippen LogP) is 15.0. The van der Waals surface area contributed by atoms with Gasteiger partial charge in [0, 0.05) is 27.8 Å². The molecule has 0 saturated carbocycles. The van der Waals surface area contributed by atoms with Gasteiger partial charge < -0.3 is 4.90 Å². The van der Waals surface area contributed by atoms with Crippen molar-refractivity contribution < 1.29 is 0 Å². The third-order valence-electron chi connectivity index (χ3n) is 14.1. The molecule has 9 aromatic carbocycles. The molecule has 0 N–H and O–H groups in total. The molecule has 0 amide bonds. The Morgan fingerprint density at radius 1 is 0.308 bits per heavy atom. The van der Waals surface area contributed by atoms with Crippen LogP contribution in [0.2, 0.25) is 0 Å². The van der Waals surface area contributed by atoms with Gasteiger partial charge in [0.25, 0.3) is 0 Å². The van der Waals surface area contributed by atoms with Gasteiger partial charge >= 0.3 is 0 Å². The van der Waals surface area contributed by atoms with Gasteiger partial charge in [-0.05, 0) is 103 Å². The maximum Gasteiger partial charge on any atom is 0.164 e. The monoisotopic (exact) mass is 830 g/mol. The molecule has 0 unspecified atom stereocenters. The number of aromatic nitrogens is 3. The molecule has 0 bridgehead atoms. The van der Waals surface area contributed by atoms with Crippen LogP contribution < -0.4 is 4.90 Å². The molecule has 10 aromatic rings. The van der Waals surface area contributed by atoms with Crippen molar-refractivity contribution in [2.45, 2.75) is 24.7 Å². The van der Waals surface area contributed by atoms with Crippen LogP contribution in [-0.4, -0.2) is 15.0 Å². The van der Waals surface area contributed by atoms with E-state index in [0.29, 0.717) is 17.5 Å². The maximum atomic E-state index is 5.20. The molecule has 0 radical (unpaired) electrons. The highest BCUT2D eigenvalue weighted by Crippen LogP contribution is 2.63. The fraction of sp³-hybridized carbons (Fsp3) is 0.0656. The van der Waals surface area contributed by atoms with Gasteiger partial charge in [-0.3, -0.25) is 0 Å². The third kappa shape index (κ3) is 5.47. The number of hydrogen-bond donors (Lipinski definition) is 0. The Hall–Kier alpha value is -8.21. The highest BCUT2D eigenvalue weighted by molar-refractivity contribution is 5.96. The van der Waals surface area contributed by atoms with Crippen LogP contribution in [0.3, 0.4) is 0 Å². The SMILES string of the molecule is CC1(C)c2ccccc2-c2ccc(-c3nc(-c4ccccc4)nc(-c4cccc(-c5ccc(N6c7ccccc7C7(c8ccccc8-c8ccccc87)c7ccccc76)cc5)c4)n3)cc21. The van der Waals surface area contributed by atoms with Crippen molar-refractivity contribution in [2.75, 3.05) is 4.90 Å². The molecule has 65 heavy (non-hydrogen) atoms. The van der Waals surface area contributed by atoms with Crippen molar-refractivity contribution >= 4 is 17.1 Å². The Morgan fingerprint density at radius 3 is 1.35 bits per heavy atom. The first kappa shape index (κ1) is 37.4. The molecule has 4 heteroatoms. The molecule has 1 aromatic heterocycles. The number of hydrogen-bond acceptors (Lipinski definition) is 4. The van der Waals surface area contributed by atoms with Crippen molar-refractivity contribution in [3.8, 4) is 67.5 Å². The zero-order valence-electron chi connectivity index (χ0n) is 36.1. The molecule has 1 spiro atoms. The predicted molar refractivity (Wildman–Crippen MR) is 265 cm³/mol. The summed E-state index contributed by atoms with van der Waals surface area (Å²) in [5.74, 6) is 1.95. The molecular formula is C61H42N4. The second-order valence-corrected chi connectivity index (χ2v) is 17.9. The zero-order chi connectivity index (χ0) is 43.3. The lowest BCUT2D eigenvalue weighted by atomic mass is 9.64. The van der Waals surface area contributed by atoms with Crippen molar-refractivity contribution in [3.05, 3.63) is 252 Å². The van der Waals surface area contributed by atoms with E-state index in [2.05, 4.69) is 219 Å². The second-order valence-electron chi connectivity index (χ2n) is 17.9. The van der Waals surface area contributed by atoms with E-state index >= 15 is 0 Å². The van der Waals surface area contributed by atoms with E-state index in [1.807, 2.05) is 18.2 Å². The molecule has 0 saturated heterocycles. The van der Waals surface area contributed by atoms with Crippen LogP contribution in [0.15, 0.2) is 218 Å². The zero-order valence-corrected chi connectivity index (χ0v) is 36.1. The van der Waals surface area contributed by atoms with Gasteiger partial charge in [0.1, 0.15) is 0 Å². The lowest BCUT2D eigenvalue weighted by Gasteiger charge is -2.45. The summed E-state index contributed by atoms with van der Waals surface area (Å²) in [6.45, 7) is 4.61. The van der Waals surface area contributed by atoms with Crippen LogP contribution >= 0.6 is 0 Å². The summed E-state index contributed by atoms with van der Waals surface area (Å²) in [6, 6.07) is 79.1. The summed E-state index contributed by atoms with van der Waals surface area (Å²) in [5, 5.41) is 0. The fourth-order valence-electron chi connectivity index (χ4n) is 11.2. The summed E-state index contributed by atoms with van der Waals surface area (Å²) in [4.78, 5) is 17.9. The first-order valence-corrected chi connectivity index (χ1v) is 22.4. The molecule has 4 nitrogen and oxygen atoms in total. The fourth-order valence-corrected chi connectivity index (χ4v) is 11.2. The summed E-state index contributed by atoms with van der Waals surface area (Å²) >= 11 is 0. The van der Waals surface area contributed by atoms with Gasteiger partial charge in [-0.15, -0.1) is 0 Å². The van der Waals surface area contributed by atoms with E-state index in [-0.39, 0.29) is 5.41 Å². The van der Waals surface area contributed by atoms with Crippen molar-refractivity contribution in [1.29, 1.82) is 0 Å². The lowest BCUT2D eigenvalue weighted by Crippen LogP contribution is -2.36. The Morgan fingerprint density at radius 2 is 0.738 bits per heavy atom. The largest absolute Gasteiger partial charge is 0.310 e. The number of rotatable bonds is 5. The minimum Gasteiger partial charge on any atom is -0.310 e. The number of anilines is 3. The smallest absolute Gasteiger partial charge is 0.164 e. The van der Waals surface area contributed by atoms with Crippen LogP contribution in [-0.2, 0) is 10.8 Å². The Balaban J connectivity index is 0.891.